The molecule has 6 heteroatoms. The third kappa shape index (κ3) is 3.88. The summed E-state index contributed by atoms with van der Waals surface area (Å²) in [5.74, 6) is 3.88. The number of pyridine rings is 1. The van der Waals surface area contributed by atoms with Crippen molar-refractivity contribution in [2.75, 3.05) is 5.32 Å². The van der Waals surface area contributed by atoms with Crippen LogP contribution in [0.5, 0.6) is 5.75 Å². The molecule has 0 aliphatic heterocycles. The third-order valence-corrected chi connectivity index (χ3v) is 4.41. The number of nitrogens with zero attached hydrogens (tertiary/aromatic N) is 3. The summed E-state index contributed by atoms with van der Waals surface area (Å²) in [5.41, 5.74) is 3.32. The van der Waals surface area contributed by atoms with Gasteiger partial charge in [-0.2, -0.15) is 0 Å². The molecular formula is C22H15ClN4O. The van der Waals surface area contributed by atoms with Crippen LogP contribution in [0.15, 0.2) is 67.3 Å². The Hall–Kier alpha value is -3.62. The van der Waals surface area contributed by atoms with Gasteiger partial charge in [0.05, 0.1) is 10.5 Å². The second-order valence-electron chi connectivity index (χ2n) is 6.02. The first kappa shape index (κ1) is 17.8. The van der Waals surface area contributed by atoms with E-state index >= 15 is 0 Å². The first-order valence-electron chi connectivity index (χ1n) is 8.52. The highest BCUT2D eigenvalue weighted by molar-refractivity contribution is 6.32. The number of fused-ring (bicyclic) bond motifs is 1. The van der Waals surface area contributed by atoms with Gasteiger partial charge in [-0.15, -0.1) is 6.42 Å². The molecule has 0 saturated heterocycles. The van der Waals surface area contributed by atoms with Crippen LogP contribution in [-0.4, -0.2) is 15.0 Å². The highest BCUT2D eigenvalue weighted by Crippen LogP contribution is 2.31. The quantitative estimate of drug-likeness (QED) is 0.490. The van der Waals surface area contributed by atoms with Gasteiger partial charge in [0.2, 0.25) is 0 Å². The van der Waals surface area contributed by atoms with E-state index in [2.05, 4.69) is 26.2 Å². The highest BCUT2D eigenvalue weighted by atomic mass is 35.5. The smallest absolute Gasteiger partial charge is 0.141 e. The van der Waals surface area contributed by atoms with Crippen LogP contribution >= 0.6 is 11.6 Å². The molecule has 4 aromatic rings. The summed E-state index contributed by atoms with van der Waals surface area (Å²) in [6, 6.07) is 14.9. The summed E-state index contributed by atoms with van der Waals surface area (Å²) >= 11 is 6.39. The first-order valence-corrected chi connectivity index (χ1v) is 8.90. The van der Waals surface area contributed by atoms with Crippen LogP contribution in [0.3, 0.4) is 0 Å². The van der Waals surface area contributed by atoms with Gasteiger partial charge in [-0.1, -0.05) is 23.6 Å². The molecule has 2 aromatic heterocycles. The monoisotopic (exact) mass is 386 g/mol. The number of ether oxygens (including phenoxy) is 1. The van der Waals surface area contributed by atoms with Gasteiger partial charge in [-0.25, -0.2) is 9.97 Å². The lowest BCUT2D eigenvalue weighted by Crippen LogP contribution is -1.98. The number of rotatable bonds is 5. The van der Waals surface area contributed by atoms with E-state index < -0.39 is 0 Å². The number of halogens is 1. The van der Waals surface area contributed by atoms with E-state index in [9.17, 15) is 0 Å². The minimum absolute atomic E-state index is 0.395. The molecule has 0 bridgehead atoms. The molecule has 0 aliphatic carbocycles. The fraction of sp³-hybridized carbons (Fsp3) is 0.0455. The van der Waals surface area contributed by atoms with Crippen molar-refractivity contribution in [1.29, 1.82) is 0 Å². The molecule has 0 amide bonds. The van der Waals surface area contributed by atoms with Crippen LogP contribution in [0, 0.1) is 12.3 Å². The molecule has 0 spiro atoms. The normalized spacial score (nSPS) is 10.4. The molecule has 5 nitrogen and oxygen atoms in total. The van der Waals surface area contributed by atoms with Crippen LogP contribution in [0.4, 0.5) is 11.5 Å². The predicted octanol–water partition coefficient (Wildman–Crippen LogP) is 4.98. The van der Waals surface area contributed by atoms with E-state index in [1.807, 2.05) is 42.5 Å². The van der Waals surface area contributed by atoms with Crippen molar-refractivity contribution in [2.24, 2.45) is 0 Å². The molecule has 136 valence electrons. The number of hydrogen-bond acceptors (Lipinski definition) is 5. The summed E-state index contributed by atoms with van der Waals surface area (Å²) in [6.07, 6.45) is 10.5. The van der Waals surface area contributed by atoms with Gasteiger partial charge in [-0.05, 0) is 42.5 Å². The van der Waals surface area contributed by atoms with Gasteiger partial charge < -0.3 is 10.1 Å². The number of aromatic nitrogens is 3. The Kier molecular flexibility index (Phi) is 5.05. The van der Waals surface area contributed by atoms with Gasteiger partial charge in [0.1, 0.15) is 24.5 Å². The predicted molar refractivity (Wildman–Crippen MR) is 111 cm³/mol. The Morgan fingerprint density at radius 1 is 1.11 bits per heavy atom. The number of benzene rings is 2. The fourth-order valence-corrected chi connectivity index (χ4v) is 2.96. The Morgan fingerprint density at radius 3 is 2.82 bits per heavy atom. The average molecular weight is 387 g/mol. The van der Waals surface area contributed by atoms with Crippen molar-refractivity contribution >= 4 is 34.0 Å². The molecule has 2 heterocycles. The van der Waals surface area contributed by atoms with E-state index in [1.54, 1.807) is 18.5 Å². The zero-order valence-electron chi connectivity index (χ0n) is 14.8. The topological polar surface area (TPSA) is 59.9 Å². The van der Waals surface area contributed by atoms with Gasteiger partial charge in [0, 0.05) is 34.6 Å². The lowest BCUT2D eigenvalue weighted by Gasteiger charge is -2.12. The Morgan fingerprint density at radius 2 is 2.04 bits per heavy atom. The highest BCUT2D eigenvalue weighted by Gasteiger charge is 2.08. The Labute approximate surface area is 167 Å². The van der Waals surface area contributed by atoms with Crippen molar-refractivity contribution in [1.82, 2.24) is 15.0 Å². The zero-order chi connectivity index (χ0) is 19.3. The summed E-state index contributed by atoms with van der Waals surface area (Å²) in [6.45, 7) is 0.395. The van der Waals surface area contributed by atoms with Gasteiger partial charge in [0.25, 0.3) is 0 Å². The van der Waals surface area contributed by atoms with Crippen LogP contribution < -0.4 is 10.1 Å². The molecule has 0 radical (unpaired) electrons. The lowest BCUT2D eigenvalue weighted by molar-refractivity contribution is 0.306. The minimum Gasteiger partial charge on any atom is -0.487 e. The summed E-state index contributed by atoms with van der Waals surface area (Å²) in [7, 11) is 0. The fourth-order valence-electron chi connectivity index (χ4n) is 2.72. The van der Waals surface area contributed by atoms with Crippen molar-refractivity contribution in [2.45, 2.75) is 6.61 Å². The van der Waals surface area contributed by atoms with Crippen LogP contribution in [0.1, 0.15) is 11.1 Å². The maximum Gasteiger partial charge on any atom is 0.141 e. The number of terminal acetylenes is 1. The van der Waals surface area contributed by atoms with E-state index in [4.69, 9.17) is 22.8 Å². The van der Waals surface area contributed by atoms with Crippen molar-refractivity contribution in [3.8, 4) is 18.1 Å². The molecule has 2 aromatic carbocycles. The van der Waals surface area contributed by atoms with Gasteiger partial charge >= 0.3 is 0 Å². The molecule has 1 N–H and O–H groups in total. The van der Waals surface area contributed by atoms with E-state index in [-0.39, 0.29) is 0 Å². The van der Waals surface area contributed by atoms with Gasteiger partial charge in [-0.3, -0.25) is 4.98 Å². The van der Waals surface area contributed by atoms with E-state index in [0.717, 1.165) is 27.7 Å². The Bertz CT molecular complexity index is 1170. The molecule has 4 rings (SSSR count). The Balaban J connectivity index is 1.55. The van der Waals surface area contributed by atoms with Crippen LogP contribution in [-0.2, 0) is 6.61 Å². The molecule has 0 fully saturated rings. The molecule has 0 unspecified atom stereocenters. The molecule has 0 aliphatic rings. The van der Waals surface area contributed by atoms with E-state index in [1.165, 1.54) is 6.33 Å². The first-order chi connectivity index (χ1) is 13.7. The van der Waals surface area contributed by atoms with Crippen LogP contribution in [0.2, 0.25) is 5.02 Å². The maximum absolute atomic E-state index is 6.39. The third-order valence-electron chi connectivity index (χ3n) is 4.11. The number of hydrogen-bond donors (Lipinski definition) is 1. The minimum atomic E-state index is 0.395. The molecular weight excluding hydrogens is 372 g/mol. The van der Waals surface area contributed by atoms with Crippen LogP contribution in [0.25, 0.3) is 10.9 Å². The summed E-state index contributed by atoms with van der Waals surface area (Å²) in [5, 5.41) is 4.61. The number of anilines is 2. The molecule has 0 atom stereocenters. The largest absolute Gasteiger partial charge is 0.487 e. The van der Waals surface area contributed by atoms with Crippen molar-refractivity contribution < 1.29 is 4.74 Å². The number of nitrogens with one attached hydrogen (secondary N) is 1. The van der Waals surface area contributed by atoms with Crippen molar-refractivity contribution in [3.05, 3.63) is 83.4 Å². The second kappa shape index (κ2) is 7.95. The van der Waals surface area contributed by atoms with Gasteiger partial charge in [0.15, 0.2) is 0 Å². The maximum atomic E-state index is 6.39. The second-order valence-corrected chi connectivity index (χ2v) is 6.43. The van der Waals surface area contributed by atoms with Crippen molar-refractivity contribution in [3.63, 3.8) is 0 Å². The molecule has 28 heavy (non-hydrogen) atoms. The lowest BCUT2D eigenvalue weighted by atomic mass is 10.1. The summed E-state index contributed by atoms with van der Waals surface area (Å²) in [4.78, 5) is 12.7. The standard InChI is InChI=1S/C22H15ClN4O/c1-2-15-5-7-20-18(10-15)22(26-14-25-20)27-17-6-8-21(19(23)11-17)28-13-16-4-3-9-24-12-16/h1,3-12,14H,13H2,(H,25,26,27). The average Bonchev–Trinajstić information content (AvgIpc) is 2.74. The van der Waals surface area contributed by atoms with E-state index in [0.29, 0.717) is 23.2 Å². The molecule has 0 saturated carbocycles. The SMILES string of the molecule is C#Cc1ccc2ncnc(Nc3ccc(OCc4cccnc4)c(Cl)c3)c2c1. The zero-order valence-corrected chi connectivity index (χ0v) is 15.5. The summed E-state index contributed by atoms with van der Waals surface area (Å²) < 4.78 is 5.78.